The molecule has 0 saturated carbocycles. The summed E-state index contributed by atoms with van der Waals surface area (Å²) in [6, 6.07) is 15.8. The summed E-state index contributed by atoms with van der Waals surface area (Å²) >= 11 is 0. The third-order valence-electron chi connectivity index (χ3n) is 4.69. The van der Waals surface area contributed by atoms with Crippen LogP contribution < -0.4 is 10.5 Å². The van der Waals surface area contributed by atoms with Crippen LogP contribution in [-0.4, -0.2) is 19.4 Å². The highest BCUT2D eigenvalue weighted by atomic mass is 32.2. The highest BCUT2D eigenvalue weighted by Crippen LogP contribution is 2.29. The standard InChI is InChI=1S/C21H25N3O2S/c1-4-17(13-16-10-8-14(2)9-11-16)24-19-12-15(3)23-21-18(19)6-5-7-20(21)27(22,25)26/h5-12,17H,4,13H2,1-3H3,(H,23,24)(H2,22,25,26). The average molecular weight is 384 g/mol. The fourth-order valence-electron chi connectivity index (χ4n) is 3.23. The van der Waals surface area contributed by atoms with Crippen LogP contribution >= 0.6 is 0 Å². The number of anilines is 1. The van der Waals surface area contributed by atoms with Crippen molar-refractivity contribution >= 4 is 26.6 Å². The van der Waals surface area contributed by atoms with Gasteiger partial charge < -0.3 is 5.32 Å². The minimum Gasteiger partial charge on any atom is -0.381 e. The van der Waals surface area contributed by atoms with Crippen molar-refractivity contribution in [2.45, 2.75) is 44.6 Å². The lowest BCUT2D eigenvalue weighted by molar-refractivity contribution is 0.598. The number of nitrogens with zero attached hydrogens (tertiary/aromatic N) is 1. The monoisotopic (exact) mass is 383 g/mol. The summed E-state index contributed by atoms with van der Waals surface area (Å²) in [5.74, 6) is 0. The Morgan fingerprint density at radius 2 is 1.81 bits per heavy atom. The summed E-state index contributed by atoms with van der Waals surface area (Å²) in [7, 11) is -3.84. The molecule has 0 bridgehead atoms. The number of primary sulfonamides is 1. The Hall–Kier alpha value is -2.44. The number of fused-ring (bicyclic) bond motifs is 1. The third kappa shape index (κ3) is 4.46. The van der Waals surface area contributed by atoms with Gasteiger partial charge in [0.1, 0.15) is 4.90 Å². The highest BCUT2D eigenvalue weighted by Gasteiger charge is 2.17. The van der Waals surface area contributed by atoms with Crippen molar-refractivity contribution < 1.29 is 8.42 Å². The Morgan fingerprint density at radius 3 is 2.44 bits per heavy atom. The van der Waals surface area contributed by atoms with Gasteiger partial charge in [-0.25, -0.2) is 13.6 Å². The molecule has 1 unspecified atom stereocenters. The van der Waals surface area contributed by atoms with E-state index in [4.69, 9.17) is 5.14 Å². The first-order valence-electron chi connectivity index (χ1n) is 9.03. The molecule has 142 valence electrons. The molecule has 0 radical (unpaired) electrons. The number of nitrogens with two attached hydrogens (primary N) is 1. The first-order chi connectivity index (χ1) is 12.8. The smallest absolute Gasteiger partial charge is 0.240 e. The van der Waals surface area contributed by atoms with Crippen LogP contribution in [0.4, 0.5) is 5.69 Å². The molecule has 1 atom stereocenters. The number of nitrogens with one attached hydrogen (secondary N) is 1. The Kier molecular flexibility index (Phi) is 5.48. The quantitative estimate of drug-likeness (QED) is 0.675. The van der Waals surface area contributed by atoms with Crippen LogP contribution in [0.3, 0.4) is 0 Å². The van der Waals surface area contributed by atoms with Crippen LogP contribution in [0.5, 0.6) is 0 Å². The number of aryl methyl sites for hydroxylation is 2. The van der Waals surface area contributed by atoms with Gasteiger partial charge in [-0.2, -0.15) is 0 Å². The van der Waals surface area contributed by atoms with E-state index in [-0.39, 0.29) is 10.9 Å². The lowest BCUT2D eigenvalue weighted by Gasteiger charge is -2.20. The predicted molar refractivity (Wildman–Crippen MR) is 110 cm³/mol. The number of aromatic nitrogens is 1. The van der Waals surface area contributed by atoms with Gasteiger partial charge in [-0.15, -0.1) is 0 Å². The minimum atomic E-state index is -3.84. The van der Waals surface area contributed by atoms with Crippen LogP contribution in [0.2, 0.25) is 0 Å². The van der Waals surface area contributed by atoms with Crippen molar-refractivity contribution in [3.05, 3.63) is 65.4 Å². The summed E-state index contributed by atoms with van der Waals surface area (Å²) < 4.78 is 23.9. The first kappa shape index (κ1) is 19.3. The number of rotatable bonds is 6. The molecular weight excluding hydrogens is 358 g/mol. The van der Waals surface area contributed by atoms with Crippen molar-refractivity contribution in [3.8, 4) is 0 Å². The number of hydrogen-bond donors (Lipinski definition) is 2. The molecule has 6 heteroatoms. The fourth-order valence-corrected chi connectivity index (χ4v) is 3.92. The van der Waals surface area contributed by atoms with E-state index in [0.29, 0.717) is 5.52 Å². The van der Waals surface area contributed by atoms with Crippen molar-refractivity contribution in [2.75, 3.05) is 5.32 Å². The Bertz CT molecular complexity index is 1060. The van der Waals surface area contributed by atoms with Gasteiger partial charge in [-0.3, -0.25) is 4.98 Å². The SMILES string of the molecule is CCC(Cc1ccc(C)cc1)Nc1cc(C)nc2c(S(N)(=O)=O)cccc12. The van der Waals surface area contributed by atoms with E-state index in [9.17, 15) is 8.42 Å². The average Bonchev–Trinajstić information content (AvgIpc) is 2.61. The topological polar surface area (TPSA) is 85.1 Å². The zero-order valence-electron chi connectivity index (χ0n) is 15.9. The summed E-state index contributed by atoms with van der Waals surface area (Å²) in [5, 5.41) is 9.71. The molecule has 27 heavy (non-hydrogen) atoms. The van der Waals surface area contributed by atoms with Gasteiger partial charge in [0.05, 0.1) is 5.52 Å². The molecule has 1 aromatic heterocycles. The van der Waals surface area contributed by atoms with E-state index in [0.717, 1.165) is 29.6 Å². The van der Waals surface area contributed by atoms with Crippen molar-refractivity contribution in [2.24, 2.45) is 5.14 Å². The minimum absolute atomic E-state index is 0.0540. The molecule has 1 heterocycles. The summed E-state index contributed by atoms with van der Waals surface area (Å²) in [4.78, 5) is 4.48. The number of para-hydroxylation sites is 1. The van der Waals surface area contributed by atoms with Crippen LogP contribution in [0.25, 0.3) is 10.9 Å². The lowest BCUT2D eigenvalue weighted by atomic mass is 10.0. The Labute approximate surface area is 160 Å². The van der Waals surface area contributed by atoms with E-state index in [1.165, 1.54) is 17.2 Å². The number of pyridine rings is 1. The lowest BCUT2D eigenvalue weighted by Crippen LogP contribution is -2.22. The highest BCUT2D eigenvalue weighted by molar-refractivity contribution is 7.89. The first-order valence-corrected chi connectivity index (χ1v) is 10.6. The number of benzene rings is 2. The van der Waals surface area contributed by atoms with E-state index in [2.05, 4.69) is 48.4 Å². The molecule has 0 amide bonds. The maximum atomic E-state index is 11.9. The molecule has 2 aromatic carbocycles. The molecule has 3 aromatic rings. The van der Waals surface area contributed by atoms with Crippen molar-refractivity contribution in [1.82, 2.24) is 4.98 Å². The molecule has 0 aliphatic rings. The van der Waals surface area contributed by atoms with E-state index < -0.39 is 10.0 Å². The molecule has 0 fully saturated rings. The normalized spacial score (nSPS) is 12.9. The molecule has 0 aliphatic heterocycles. The Balaban J connectivity index is 1.99. The molecule has 3 N–H and O–H groups in total. The van der Waals surface area contributed by atoms with E-state index in [1.807, 2.05) is 19.1 Å². The second-order valence-corrected chi connectivity index (χ2v) is 8.48. The second kappa shape index (κ2) is 7.66. The van der Waals surface area contributed by atoms with Crippen LogP contribution in [0.1, 0.15) is 30.2 Å². The van der Waals surface area contributed by atoms with Crippen LogP contribution in [0.15, 0.2) is 53.4 Å². The second-order valence-electron chi connectivity index (χ2n) is 6.95. The third-order valence-corrected chi connectivity index (χ3v) is 5.63. The van der Waals surface area contributed by atoms with E-state index >= 15 is 0 Å². The van der Waals surface area contributed by atoms with Gasteiger partial charge in [0.15, 0.2) is 0 Å². The zero-order chi connectivity index (χ0) is 19.6. The molecule has 3 rings (SSSR count). The van der Waals surface area contributed by atoms with Gasteiger partial charge in [-0.05, 0) is 44.4 Å². The van der Waals surface area contributed by atoms with Crippen LogP contribution in [-0.2, 0) is 16.4 Å². The summed E-state index contributed by atoms with van der Waals surface area (Å²) in [6.07, 6.45) is 1.82. The molecule has 0 spiro atoms. The molecule has 5 nitrogen and oxygen atoms in total. The Morgan fingerprint density at radius 1 is 1.11 bits per heavy atom. The maximum absolute atomic E-state index is 11.9. The largest absolute Gasteiger partial charge is 0.381 e. The van der Waals surface area contributed by atoms with Gasteiger partial charge >= 0.3 is 0 Å². The summed E-state index contributed by atoms with van der Waals surface area (Å²) in [6.45, 7) is 6.07. The fraction of sp³-hybridized carbons (Fsp3) is 0.286. The van der Waals surface area contributed by atoms with Gasteiger partial charge in [0, 0.05) is 22.8 Å². The van der Waals surface area contributed by atoms with Crippen molar-refractivity contribution in [1.29, 1.82) is 0 Å². The molecular formula is C21H25N3O2S. The maximum Gasteiger partial charge on any atom is 0.240 e. The molecule has 0 aliphatic carbocycles. The zero-order valence-corrected chi connectivity index (χ0v) is 16.7. The van der Waals surface area contributed by atoms with Gasteiger partial charge in [-0.1, -0.05) is 48.9 Å². The summed E-state index contributed by atoms with van der Waals surface area (Å²) in [5.41, 5.74) is 4.53. The van der Waals surface area contributed by atoms with Crippen LogP contribution in [0, 0.1) is 13.8 Å². The van der Waals surface area contributed by atoms with Gasteiger partial charge in [0.25, 0.3) is 0 Å². The molecule has 0 saturated heterocycles. The number of sulfonamides is 1. The van der Waals surface area contributed by atoms with Crippen molar-refractivity contribution in [3.63, 3.8) is 0 Å². The predicted octanol–water partition coefficient (Wildman–Crippen LogP) is 3.93. The van der Waals surface area contributed by atoms with Gasteiger partial charge in [0.2, 0.25) is 10.0 Å². The number of hydrogen-bond acceptors (Lipinski definition) is 4. The van der Waals surface area contributed by atoms with E-state index in [1.54, 1.807) is 6.07 Å².